The zero-order valence-corrected chi connectivity index (χ0v) is 14.4. The zero-order valence-electron chi connectivity index (χ0n) is 13.6. The van der Waals surface area contributed by atoms with Crippen molar-refractivity contribution in [2.45, 2.75) is 18.4 Å². The van der Waals surface area contributed by atoms with Crippen LogP contribution in [-0.2, 0) is 0 Å². The van der Waals surface area contributed by atoms with Crippen LogP contribution in [0.3, 0.4) is 0 Å². The van der Waals surface area contributed by atoms with Crippen LogP contribution in [0.5, 0.6) is 5.75 Å². The number of hydrogen-bond donors (Lipinski definition) is 1. The minimum Gasteiger partial charge on any atom is -0.495 e. The Morgan fingerprint density at radius 2 is 2.00 bits per heavy atom. The fourth-order valence-electron chi connectivity index (χ4n) is 3.94. The molecular weight excluding hydrogens is 340 g/mol. The van der Waals surface area contributed by atoms with Gasteiger partial charge in [0.2, 0.25) is 0 Å². The van der Waals surface area contributed by atoms with E-state index in [0.29, 0.717) is 5.92 Å². The summed E-state index contributed by atoms with van der Waals surface area (Å²) in [5.41, 5.74) is 3.10. The smallest absolute Gasteiger partial charge is 0.269 e. The molecule has 2 aliphatic rings. The molecule has 0 saturated carbocycles. The monoisotopic (exact) mass is 356 g/mol. The average Bonchev–Trinajstić information content (AvgIpc) is 3.11. The van der Waals surface area contributed by atoms with Crippen molar-refractivity contribution in [2.75, 3.05) is 12.4 Å². The summed E-state index contributed by atoms with van der Waals surface area (Å²) in [7, 11) is 1.64. The first-order chi connectivity index (χ1) is 12.1. The standard InChI is InChI=1S/C19H17ClN2O3/c1-25-16-10-9-15(20)17-13-3-2-4-14(13)18(21-19(16)17)11-5-7-12(8-6-11)22(23)24/h2-3,5-10,13-14,18,21H,4H2,1H3/t13-,14+,18+/m0/s1. The number of nitrogens with zero attached hydrogens (tertiary/aromatic N) is 1. The largest absolute Gasteiger partial charge is 0.495 e. The van der Waals surface area contributed by atoms with Gasteiger partial charge in [0.1, 0.15) is 5.75 Å². The van der Waals surface area contributed by atoms with Crippen LogP contribution < -0.4 is 10.1 Å². The predicted octanol–water partition coefficient (Wildman–Crippen LogP) is 5.08. The molecule has 1 heterocycles. The number of fused-ring (bicyclic) bond motifs is 3. The molecule has 0 amide bonds. The molecule has 4 rings (SSSR count). The maximum Gasteiger partial charge on any atom is 0.269 e. The van der Waals surface area contributed by atoms with E-state index >= 15 is 0 Å². The van der Waals surface area contributed by atoms with Gasteiger partial charge in [-0.05, 0) is 30.0 Å². The van der Waals surface area contributed by atoms with Crippen molar-refractivity contribution in [1.82, 2.24) is 0 Å². The van der Waals surface area contributed by atoms with Crippen LogP contribution in [0, 0.1) is 16.0 Å². The van der Waals surface area contributed by atoms with Crippen LogP contribution in [0.1, 0.15) is 29.5 Å². The third-order valence-electron chi connectivity index (χ3n) is 5.11. The van der Waals surface area contributed by atoms with E-state index in [1.165, 1.54) is 0 Å². The van der Waals surface area contributed by atoms with Gasteiger partial charge in [-0.2, -0.15) is 0 Å². The summed E-state index contributed by atoms with van der Waals surface area (Å²) in [5.74, 6) is 1.28. The maximum absolute atomic E-state index is 10.9. The molecule has 2 aromatic rings. The number of nitrogens with one attached hydrogen (secondary N) is 1. The molecular formula is C19H17ClN2O3. The molecule has 128 valence electrons. The molecule has 0 bridgehead atoms. The molecule has 5 nitrogen and oxygen atoms in total. The third kappa shape index (κ3) is 2.55. The van der Waals surface area contributed by atoms with Crippen LogP contribution in [0.15, 0.2) is 48.6 Å². The number of hydrogen-bond acceptors (Lipinski definition) is 4. The minimum atomic E-state index is -0.379. The van der Waals surface area contributed by atoms with Crippen molar-refractivity contribution in [2.24, 2.45) is 5.92 Å². The van der Waals surface area contributed by atoms with E-state index in [2.05, 4.69) is 17.5 Å². The maximum atomic E-state index is 10.9. The Kier molecular flexibility index (Phi) is 3.88. The van der Waals surface area contributed by atoms with Crippen LogP contribution in [-0.4, -0.2) is 12.0 Å². The number of non-ortho nitro benzene ring substituents is 1. The number of nitro benzene ring substituents is 1. The van der Waals surface area contributed by atoms with Crippen LogP contribution in [0.4, 0.5) is 11.4 Å². The van der Waals surface area contributed by atoms with E-state index < -0.39 is 0 Å². The first-order valence-corrected chi connectivity index (χ1v) is 8.52. The van der Waals surface area contributed by atoms with Gasteiger partial charge >= 0.3 is 0 Å². The number of nitro groups is 1. The third-order valence-corrected chi connectivity index (χ3v) is 5.44. The van der Waals surface area contributed by atoms with Gasteiger partial charge in [0.25, 0.3) is 5.69 Å². The Labute approximate surface area is 150 Å². The molecule has 0 fully saturated rings. The van der Waals surface area contributed by atoms with E-state index in [0.717, 1.165) is 34.0 Å². The van der Waals surface area contributed by atoms with Crippen molar-refractivity contribution in [3.8, 4) is 5.75 Å². The minimum absolute atomic E-state index is 0.0423. The molecule has 1 aliphatic heterocycles. The van der Waals surface area contributed by atoms with Crippen LogP contribution >= 0.6 is 11.6 Å². The second-order valence-corrected chi connectivity index (χ2v) is 6.77. The predicted molar refractivity (Wildman–Crippen MR) is 97.5 cm³/mol. The molecule has 2 aromatic carbocycles. The van der Waals surface area contributed by atoms with Gasteiger partial charge in [-0.1, -0.05) is 35.9 Å². The Bertz CT molecular complexity index is 864. The SMILES string of the molecule is COc1ccc(Cl)c2c1N[C@H](c1ccc([N+](=O)[O-])cc1)[C@@H]1CC=C[C@H]21. The van der Waals surface area contributed by atoms with Gasteiger partial charge in [0, 0.05) is 28.6 Å². The van der Waals surface area contributed by atoms with Gasteiger partial charge in [0.05, 0.1) is 23.8 Å². The lowest BCUT2D eigenvalue weighted by molar-refractivity contribution is -0.384. The molecule has 3 atom stereocenters. The number of ether oxygens (including phenoxy) is 1. The highest BCUT2D eigenvalue weighted by Gasteiger charge is 2.40. The van der Waals surface area contributed by atoms with Crippen molar-refractivity contribution < 1.29 is 9.66 Å². The first kappa shape index (κ1) is 16.0. The summed E-state index contributed by atoms with van der Waals surface area (Å²) in [6.45, 7) is 0. The van der Waals surface area contributed by atoms with E-state index in [1.807, 2.05) is 24.3 Å². The quantitative estimate of drug-likeness (QED) is 0.473. The number of rotatable bonds is 3. The number of halogens is 1. The van der Waals surface area contributed by atoms with Crippen molar-refractivity contribution in [3.63, 3.8) is 0 Å². The van der Waals surface area contributed by atoms with Gasteiger partial charge < -0.3 is 10.1 Å². The van der Waals surface area contributed by atoms with E-state index in [9.17, 15) is 10.1 Å². The number of allylic oxidation sites excluding steroid dienone is 2. The summed E-state index contributed by atoms with van der Waals surface area (Å²) in [5, 5.41) is 15.2. The summed E-state index contributed by atoms with van der Waals surface area (Å²) in [6.07, 6.45) is 5.32. The molecule has 0 spiro atoms. The Morgan fingerprint density at radius 3 is 2.68 bits per heavy atom. The summed E-state index contributed by atoms with van der Waals surface area (Å²) >= 11 is 6.48. The highest BCUT2D eigenvalue weighted by molar-refractivity contribution is 6.32. The molecule has 1 aliphatic carbocycles. The molecule has 6 heteroatoms. The summed E-state index contributed by atoms with van der Waals surface area (Å²) in [6, 6.07) is 10.5. The van der Waals surface area contributed by atoms with Crippen molar-refractivity contribution >= 4 is 23.0 Å². The molecule has 25 heavy (non-hydrogen) atoms. The molecule has 0 aromatic heterocycles. The van der Waals surface area contributed by atoms with Crippen molar-refractivity contribution in [3.05, 3.63) is 74.8 Å². The molecule has 1 N–H and O–H groups in total. The van der Waals surface area contributed by atoms with Gasteiger partial charge in [0.15, 0.2) is 0 Å². The lowest BCUT2D eigenvalue weighted by Gasteiger charge is -2.38. The van der Waals surface area contributed by atoms with Gasteiger partial charge in [-0.15, -0.1) is 0 Å². The summed E-state index contributed by atoms with van der Waals surface area (Å²) in [4.78, 5) is 10.5. The van der Waals surface area contributed by atoms with E-state index in [-0.39, 0.29) is 22.6 Å². The lowest BCUT2D eigenvalue weighted by Crippen LogP contribution is -2.29. The van der Waals surface area contributed by atoms with Crippen molar-refractivity contribution in [1.29, 1.82) is 0 Å². The fourth-order valence-corrected chi connectivity index (χ4v) is 4.22. The molecule has 0 radical (unpaired) electrons. The summed E-state index contributed by atoms with van der Waals surface area (Å²) < 4.78 is 5.52. The Hall–Kier alpha value is -2.53. The van der Waals surface area contributed by atoms with Crippen LogP contribution in [0.25, 0.3) is 0 Å². The van der Waals surface area contributed by atoms with E-state index in [1.54, 1.807) is 19.2 Å². The van der Waals surface area contributed by atoms with E-state index in [4.69, 9.17) is 16.3 Å². The highest BCUT2D eigenvalue weighted by Crippen LogP contribution is 2.54. The highest BCUT2D eigenvalue weighted by atomic mass is 35.5. The zero-order chi connectivity index (χ0) is 17.6. The number of benzene rings is 2. The number of anilines is 1. The lowest BCUT2D eigenvalue weighted by atomic mass is 9.77. The Balaban J connectivity index is 1.79. The fraction of sp³-hybridized carbons (Fsp3) is 0.263. The first-order valence-electron chi connectivity index (χ1n) is 8.14. The van der Waals surface area contributed by atoms with Gasteiger partial charge in [-0.3, -0.25) is 10.1 Å². The topological polar surface area (TPSA) is 64.4 Å². The molecule has 0 unspecified atom stereocenters. The Morgan fingerprint density at radius 1 is 1.24 bits per heavy atom. The second-order valence-electron chi connectivity index (χ2n) is 6.36. The molecule has 0 saturated heterocycles. The van der Waals surface area contributed by atoms with Gasteiger partial charge in [-0.25, -0.2) is 0 Å². The second kappa shape index (κ2) is 6.08. The average molecular weight is 357 g/mol. The number of methoxy groups -OCH3 is 1. The van der Waals surface area contributed by atoms with Crippen LogP contribution in [0.2, 0.25) is 5.02 Å². The normalized spacial score (nSPS) is 23.5.